The highest BCUT2D eigenvalue weighted by Crippen LogP contribution is 2.19. The number of aryl methyl sites for hydroxylation is 1. The number of aromatic nitrogens is 4. The van der Waals surface area contributed by atoms with Crippen molar-refractivity contribution in [1.29, 1.82) is 0 Å². The zero-order chi connectivity index (χ0) is 13.8. The van der Waals surface area contributed by atoms with Crippen LogP contribution in [0.2, 0.25) is 0 Å². The largest absolute Gasteiger partial charge is 0.384 e. The third-order valence-electron chi connectivity index (χ3n) is 2.28. The summed E-state index contributed by atoms with van der Waals surface area (Å²) < 4.78 is 5.18. The van der Waals surface area contributed by atoms with Crippen molar-refractivity contribution in [1.82, 2.24) is 20.1 Å². The smallest absolute Gasteiger partial charge is 0.237 e. The molecule has 0 aliphatic carbocycles. The maximum Gasteiger partial charge on any atom is 0.237 e. The van der Waals surface area contributed by atoms with E-state index in [1.54, 1.807) is 6.07 Å². The number of nitrogen functional groups attached to an aromatic ring is 1. The first-order chi connectivity index (χ1) is 9.02. The summed E-state index contributed by atoms with van der Waals surface area (Å²) in [6, 6.07) is 1.73. The van der Waals surface area contributed by atoms with E-state index in [1.165, 1.54) is 11.8 Å². The number of rotatable bonds is 5. The minimum absolute atomic E-state index is 0.473. The van der Waals surface area contributed by atoms with Gasteiger partial charge in [0.25, 0.3) is 0 Å². The molecule has 2 heterocycles. The number of nitrogens with zero attached hydrogens (tertiary/aromatic N) is 4. The second kappa shape index (κ2) is 6.01. The molecule has 0 fully saturated rings. The van der Waals surface area contributed by atoms with E-state index in [9.17, 15) is 0 Å². The Labute approximate surface area is 116 Å². The summed E-state index contributed by atoms with van der Waals surface area (Å²) in [7, 11) is 0. The molecule has 102 valence electrons. The monoisotopic (exact) mass is 279 g/mol. The fourth-order valence-corrected chi connectivity index (χ4v) is 2.30. The van der Waals surface area contributed by atoms with E-state index in [0.717, 1.165) is 17.9 Å². The van der Waals surface area contributed by atoms with Crippen LogP contribution in [0.5, 0.6) is 0 Å². The first kappa shape index (κ1) is 13.8. The molecule has 2 rings (SSSR count). The van der Waals surface area contributed by atoms with Gasteiger partial charge in [-0.05, 0) is 12.8 Å². The van der Waals surface area contributed by atoms with Crippen molar-refractivity contribution >= 4 is 17.6 Å². The zero-order valence-corrected chi connectivity index (χ0v) is 12.1. The van der Waals surface area contributed by atoms with Gasteiger partial charge in [0.1, 0.15) is 5.82 Å². The van der Waals surface area contributed by atoms with Crippen LogP contribution >= 0.6 is 11.8 Å². The minimum Gasteiger partial charge on any atom is -0.384 e. The molecule has 0 saturated heterocycles. The van der Waals surface area contributed by atoms with Crippen LogP contribution in [-0.2, 0) is 12.2 Å². The van der Waals surface area contributed by atoms with Gasteiger partial charge in [-0.1, -0.05) is 30.8 Å². The predicted octanol–water partition coefficient (Wildman–Crippen LogP) is 2.24. The lowest BCUT2D eigenvalue weighted by atomic mass is 10.1. The van der Waals surface area contributed by atoms with E-state index >= 15 is 0 Å². The highest BCUT2D eigenvalue weighted by Gasteiger charge is 2.09. The van der Waals surface area contributed by atoms with Crippen LogP contribution in [0.3, 0.4) is 0 Å². The molecule has 0 atom stereocenters. The standard InChI is InChI=1S/C12H17N5OS/c1-7(2)4-10-16-11(18-17-10)6-19-12-14-8(3)5-9(13)15-12/h5,7H,4,6H2,1-3H3,(H2,13,14,15). The van der Waals surface area contributed by atoms with Crippen LogP contribution in [-0.4, -0.2) is 20.1 Å². The predicted molar refractivity (Wildman–Crippen MR) is 73.6 cm³/mol. The molecular formula is C12H17N5OS. The van der Waals surface area contributed by atoms with Gasteiger partial charge in [0.2, 0.25) is 5.89 Å². The molecular weight excluding hydrogens is 262 g/mol. The highest BCUT2D eigenvalue weighted by molar-refractivity contribution is 7.98. The minimum atomic E-state index is 0.473. The Kier molecular flexibility index (Phi) is 4.36. The lowest BCUT2D eigenvalue weighted by Crippen LogP contribution is -1.97. The van der Waals surface area contributed by atoms with Crippen molar-refractivity contribution in [2.24, 2.45) is 5.92 Å². The van der Waals surface area contributed by atoms with Crippen molar-refractivity contribution in [3.63, 3.8) is 0 Å². The quantitative estimate of drug-likeness (QED) is 0.663. The van der Waals surface area contributed by atoms with Crippen molar-refractivity contribution in [2.45, 2.75) is 38.1 Å². The van der Waals surface area contributed by atoms with Gasteiger partial charge in [-0.25, -0.2) is 9.97 Å². The molecule has 0 aliphatic rings. The summed E-state index contributed by atoms with van der Waals surface area (Å²) in [4.78, 5) is 12.8. The van der Waals surface area contributed by atoms with E-state index in [0.29, 0.717) is 28.5 Å². The molecule has 0 radical (unpaired) electrons. The lowest BCUT2D eigenvalue weighted by Gasteiger charge is -2.00. The number of thioether (sulfide) groups is 1. The Morgan fingerprint density at radius 2 is 2.11 bits per heavy atom. The summed E-state index contributed by atoms with van der Waals surface area (Å²) in [6.45, 7) is 6.12. The SMILES string of the molecule is Cc1cc(N)nc(SCc2nc(CC(C)C)no2)n1. The molecule has 0 spiro atoms. The van der Waals surface area contributed by atoms with Crippen LogP contribution in [0, 0.1) is 12.8 Å². The van der Waals surface area contributed by atoms with Gasteiger partial charge >= 0.3 is 0 Å². The second-order valence-electron chi connectivity index (χ2n) is 4.71. The molecule has 2 aromatic heterocycles. The second-order valence-corrected chi connectivity index (χ2v) is 5.65. The van der Waals surface area contributed by atoms with Crippen LogP contribution in [0.1, 0.15) is 31.3 Å². The van der Waals surface area contributed by atoms with E-state index in [2.05, 4.69) is 34.0 Å². The highest BCUT2D eigenvalue weighted by atomic mass is 32.2. The zero-order valence-electron chi connectivity index (χ0n) is 11.3. The van der Waals surface area contributed by atoms with Gasteiger partial charge in [0, 0.05) is 18.2 Å². The van der Waals surface area contributed by atoms with Crippen LogP contribution in [0.4, 0.5) is 5.82 Å². The van der Waals surface area contributed by atoms with Crippen LogP contribution < -0.4 is 5.73 Å². The van der Waals surface area contributed by atoms with Crippen molar-refractivity contribution < 1.29 is 4.52 Å². The molecule has 7 heteroatoms. The molecule has 19 heavy (non-hydrogen) atoms. The fraction of sp³-hybridized carbons (Fsp3) is 0.500. The molecule has 2 aromatic rings. The van der Waals surface area contributed by atoms with Crippen LogP contribution in [0.15, 0.2) is 15.7 Å². The third kappa shape index (κ3) is 4.20. The number of hydrogen-bond donors (Lipinski definition) is 1. The summed E-state index contributed by atoms with van der Waals surface area (Å²) in [5.74, 6) is 2.87. The number of anilines is 1. The van der Waals surface area contributed by atoms with Crippen molar-refractivity contribution in [3.05, 3.63) is 23.5 Å². The lowest BCUT2D eigenvalue weighted by molar-refractivity contribution is 0.382. The van der Waals surface area contributed by atoms with Gasteiger partial charge in [-0.2, -0.15) is 4.98 Å². The van der Waals surface area contributed by atoms with E-state index in [4.69, 9.17) is 10.3 Å². The number of nitrogens with two attached hydrogens (primary N) is 1. The van der Waals surface area contributed by atoms with Crippen LogP contribution in [0.25, 0.3) is 0 Å². The van der Waals surface area contributed by atoms with Crippen molar-refractivity contribution in [3.8, 4) is 0 Å². The summed E-state index contributed by atoms with van der Waals surface area (Å²) in [5, 5.41) is 4.56. The Bertz CT molecular complexity index is 535. The van der Waals surface area contributed by atoms with Crippen molar-refractivity contribution in [2.75, 3.05) is 5.73 Å². The molecule has 0 unspecified atom stereocenters. The summed E-state index contributed by atoms with van der Waals surface area (Å²) in [6.07, 6.45) is 0.821. The molecule has 0 saturated carbocycles. The summed E-state index contributed by atoms with van der Waals surface area (Å²) >= 11 is 1.44. The average molecular weight is 279 g/mol. The number of hydrogen-bond acceptors (Lipinski definition) is 7. The first-order valence-corrected chi connectivity index (χ1v) is 7.07. The molecule has 2 N–H and O–H groups in total. The van der Waals surface area contributed by atoms with E-state index < -0.39 is 0 Å². The van der Waals surface area contributed by atoms with Gasteiger partial charge in [0.15, 0.2) is 11.0 Å². The molecule has 0 amide bonds. The molecule has 6 nitrogen and oxygen atoms in total. The fourth-order valence-electron chi connectivity index (χ4n) is 1.55. The Morgan fingerprint density at radius 1 is 1.32 bits per heavy atom. The third-order valence-corrected chi connectivity index (χ3v) is 3.11. The molecule has 0 aromatic carbocycles. The Morgan fingerprint density at radius 3 is 2.79 bits per heavy atom. The normalized spacial score (nSPS) is 11.2. The van der Waals surface area contributed by atoms with E-state index in [1.807, 2.05) is 6.92 Å². The topological polar surface area (TPSA) is 90.7 Å². The van der Waals surface area contributed by atoms with Gasteiger partial charge in [-0.3, -0.25) is 0 Å². The maximum atomic E-state index is 5.67. The average Bonchev–Trinajstić information content (AvgIpc) is 2.72. The first-order valence-electron chi connectivity index (χ1n) is 6.08. The molecule has 0 bridgehead atoms. The van der Waals surface area contributed by atoms with Gasteiger partial charge in [-0.15, -0.1) is 0 Å². The van der Waals surface area contributed by atoms with Gasteiger partial charge < -0.3 is 10.3 Å². The van der Waals surface area contributed by atoms with Gasteiger partial charge in [0.05, 0.1) is 5.75 Å². The Balaban J connectivity index is 1.96. The Hall–Kier alpha value is -1.63. The molecule has 0 aliphatic heterocycles. The summed E-state index contributed by atoms with van der Waals surface area (Å²) in [5.41, 5.74) is 6.52. The van der Waals surface area contributed by atoms with E-state index in [-0.39, 0.29) is 0 Å². The maximum absolute atomic E-state index is 5.67.